The lowest BCUT2D eigenvalue weighted by Crippen LogP contribution is -2.45. The van der Waals surface area contributed by atoms with Crippen molar-refractivity contribution in [3.05, 3.63) is 0 Å². The fraction of sp³-hybridized carbons (Fsp3) is 0.857. The van der Waals surface area contributed by atoms with Gasteiger partial charge in [-0.15, -0.1) is 0 Å². The molecule has 1 rings (SSSR count). The van der Waals surface area contributed by atoms with Crippen molar-refractivity contribution >= 4 is 15.6 Å². The topological polar surface area (TPSA) is 20.3 Å². The molecule has 10 heavy (non-hydrogen) atoms. The summed E-state index contributed by atoms with van der Waals surface area (Å²) in [5.41, 5.74) is 0. The Morgan fingerprint density at radius 3 is 2.90 bits per heavy atom. The van der Waals surface area contributed by atoms with Crippen LogP contribution in [-0.2, 0) is 4.79 Å². The number of hydrogen-bond donors (Lipinski definition) is 0. The molecule has 0 radical (unpaired) electrons. The Balaban J connectivity index is 1.98. The highest BCUT2D eigenvalue weighted by Gasteiger charge is 2.21. The maximum atomic E-state index is 10.8. The molecule has 0 aromatic heterocycles. The third-order valence-electron chi connectivity index (χ3n) is 1.98. The molecule has 0 aromatic rings. The Morgan fingerprint density at radius 2 is 2.50 bits per heavy atom. The summed E-state index contributed by atoms with van der Waals surface area (Å²) in [6.45, 7) is 3.26. The van der Waals surface area contributed by atoms with E-state index in [1.54, 1.807) is 0 Å². The molecule has 2 nitrogen and oxygen atoms in total. The van der Waals surface area contributed by atoms with Crippen molar-refractivity contribution < 1.29 is 4.79 Å². The largest absolute Gasteiger partial charge is 0.375 e. The third kappa shape index (κ3) is 1.83. The average Bonchev–Trinajstić information content (AvgIpc) is 1.95. The summed E-state index contributed by atoms with van der Waals surface area (Å²) in [6, 6.07) is 1.32. The number of amides is 1. The van der Waals surface area contributed by atoms with E-state index in [9.17, 15) is 4.79 Å². The van der Waals surface area contributed by atoms with Crippen molar-refractivity contribution in [2.24, 2.45) is 0 Å². The van der Waals surface area contributed by atoms with Gasteiger partial charge >= 0.3 is 0 Å². The molecular weight excluding hydrogens is 142 g/mol. The van der Waals surface area contributed by atoms with Gasteiger partial charge in [-0.3, -0.25) is 4.79 Å². The van der Waals surface area contributed by atoms with E-state index in [-0.39, 0.29) is 9.68 Å². The van der Waals surface area contributed by atoms with E-state index in [0.717, 1.165) is 13.0 Å². The maximum absolute atomic E-state index is 10.8. The molecule has 58 valence electrons. The number of carbonyl (C=O) groups is 1. The zero-order valence-electron chi connectivity index (χ0n) is 6.60. The van der Waals surface area contributed by atoms with Crippen LogP contribution in [0.25, 0.3) is 0 Å². The highest BCUT2D eigenvalue weighted by molar-refractivity contribution is 6.37. The minimum Gasteiger partial charge on any atom is -0.375 e. The summed E-state index contributed by atoms with van der Waals surface area (Å²) in [5.74, 6) is 0.405. The lowest BCUT2D eigenvalue weighted by molar-refractivity contribution is -0.133. The van der Waals surface area contributed by atoms with E-state index in [1.165, 1.54) is 18.9 Å². The molecule has 0 aromatic carbocycles. The Morgan fingerprint density at radius 1 is 1.70 bits per heavy atom. The van der Waals surface area contributed by atoms with Gasteiger partial charge in [0, 0.05) is 13.0 Å². The molecule has 3 heteroatoms. The quantitative estimate of drug-likeness (QED) is 0.331. The smallest absolute Gasteiger partial charge is 0.216 e. The molecule has 0 saturated carbocycles. The fourth-order valence-corrected chi connectivity index (χ4v) is 3.04. The second-order valence-electron chi connectivity index (χ2n) is 2.84. The third-order valence-corrected chi connectivity index (χ3v) is 4.00. The molecule has 0 unspecified atom stereocenters. The SMILES string of the molecule is CCCC[SiH2]N1CCC1=O. The van der Waals surface area contributed by atoms with Gasteiger partial charge in [-0.2, -0.15) is 0 Å². The van der Waals surface area contributed by atoms with Crippen LogP contribution in [-0.4, -0.2) is 26.7 Å². The van der Waals surface area contributed by atoms with Gasteiger partial charge in [0.1, 0.15) is 9.68 Å². The van der Waals surface area contributed by atoms with E-state index in [4.69, 9.17) is 0 Å². The van der Waals surface area contributed by atoms with Crippen LogP contribution in [0.15, 0.2) is 0 Å². The first-order valence-electron chi connectivity index (χ1n) is 4.12. The Bertz CT molecular complexity index is 127. The molecule has 1 fully saturated rings. The van der Waals surface area contributed by atoms with Gasteiger partial charge in [0.2, 0.25) is 5.91 Å². The van der Waals surface area contributed by atoms with Crippen LogP contribution in [0.3, 0.4) is 0 Å². The average molecular weight is 157 g/mol. The first-order valence-corrected chi connectivity index (χ1v) is 5.75. The summed E-state index contributed by atoms with van der Waals surface area (Å²) < 4.78 is 2.08. The van der Waals surface area contributed by atoms with E-state index in [2.05, 4.69) is 11.5 Å². The summed E-state index contributed by atoms with van der Waals surface area (Å²) in [6.07, 6.45) is 3.41. The number of β-lactam (4-membered cyclic amide) rings is 1. The highest BCUT2D eigenvalue weighted by Crippen LogP contribution is 2.08. The van der Waals surface area contributed by atoms with Crippen molar-refractivity contribution in [2.45, 2.75) is 32.2 Å². The molecule has 1 amide bonds. The molecule has 0 spiro atoms. The normalized spacial score (nSPS) is 18.5. The van der Waals surface area contributed by atoms with E-state index in [0.29, 0.717) is 5.91 Å². The van der Waals surface area contributed by atoms with Crippen molar-refractivity contribution in [1.29, 1.82) is 0 Å². The van der Waals surface area contributed by atoms with E-state index >= 15 is 0 Å². The molecule has 0 atom stereocenters. The fourth-order valence-electron chi connectivity index (χ4n) is 1.15. The van der Waals surface area contributed by atoms with Crippen molar-refractivity contribution in [2.75, 3.05) is 6.54 Å². The van der Waals surface area contributed by atoms with Gasteiger partial charge in [0.05, 0.1) is 0 Å². The monoisotopic (exact) mass is 157 g/mol. The van der Waals surface area contributed by atoms with Gasteiger partial charge in [0.25, 0.3) is 0 Å². The van der Waals surface area contributed by atoms with Gasteiger partial charge in [-0.05, 0) is 6.04 Å². The van der Waals surface area contributed by atoms with Gasteiger partial charge < -0.3 is 4.57 Å². The van der Waals surface area contributed by atoms with Crippen LogP contribution in [0.5, 0.6) is 0 Å². The van der Waals surface area contributed by atoms with Crippen molar-refractivity contribution in [1.82, 2.24) is 4.57 Å². The molecule has 1 saturated heterocycles. The predicted molar refractivity (Wildman–Crippen MR) is 44.6 cm³/mol. The number of unbranched alkanes of at least 4 members (excludes halogenated alkanes) is 1. The maximum Gasteiger partial charge on any atom is 0.216 e. The van der Waals surface area contributed by atoms with Crippen LogP contribution >= 0.6 is 0 Å². The van der Waals surface area contributed by atoms with Crippen LogP contribution in [0.1, 0.15) is 26.2 Å². The summed E-state index contributed by atoms with van der Waals surface area (Å²) in [7, 11) is -0.152. The Labute approximate surface area is 64.5 Å². The summed E-state index contributed by atoms with van der Waals surface area (Å²) in [4.78, 5) is 10.8. The van der Waals surface area contributed by atoms with Crippen molar-refractivity contribution in [3.8, 4) is 0 Å². The first kappa shape index (κ1) is 7.79. The molecule has 0 N–H and O–H groups in total. The van der Waals surface area contributed by atoms with Crippen LogP contribution in [0.2, 0.25) is 6.04 Å². The minimum atomic E-state index is -0.152. The lowest BCUT2D eigenvalue weighted by atomic mass is 10.3. The number of nitrogens with zero attached hydrogens (tertiary/aromatic N) is 1. The van der Waals surface area contributed by atoms with Gasteiger partial charge in [0.15, 0.2) is 0 Å². The minimum absolute atomic E-state index is 0.152. The van der Waals surface area contributed by atoms with E-state index in [1.807, 2.05) is 0 Å². The second-order valence-corrected chi connectivity index (χ2v) is 4.76. The molecule has 1 aliphatic heterocycles. The number of hydrogen-bond acceptors (Lipinski definition) is 1. The zero-order chi connectivity index (χ0) is 7.40. The summed E-state index contributed by atoms with van der Waals surface area (Å²) in [5, 5.41) is 0. The molecule has 0 bridgehead atoms. The Hall–Kier alpha value is -0.313. The molecule has 1 heterocycles. The number of rotatable bonds is 4. The van der Waals surface area contributed by atoms with Crippen molar-refractivity contribution in [3.63, 3.8) is 0 Å². The molecular formula is C7H15NOSi. The zero-order valence-corrected chi connectivity index (χ0v) is 8.01. The molecule has 0 aliphatic carbocycles. The lowest BCUT2D eigenvalue weighted by Gasteiger charge is -2.30. The van der Waals surface area contributed by atoms with Gasteiger partial charge in [-0.25, -0.2) is 0 Å². The standard InChI is InChI=1S/C7H15NOSi/c1-2-3-6-10-8-5-4-7(8)9/h2-6,10H2,1H3. The van der Waals surface area contributed by atoms with Crippen LogP contribution in [0.4, 0.5) is 0 Å². The predicted octanol–water partition coefficient (Wildman–Crippen LogP) is 0.521. The summed E-state index contributed by atoms with van der Waals surface area (Å²) >= 11 is 0. The first-order chi connectivity index (χ1) is 4.84. The highest BCUT2D eigenvalue weighted by atomic mass is 28.2. The number of carbonyl (C=O) groups excluding carboxylic acids is 1. The van der Waals surface area contributed by atoms with Crippen LogP contribution in [0, 0.1) is 0 Å². The van der Waals surface area contributed by atoms with Gasteiger partial charge in [-0.1, -0.05) is 19.8 Å². The Kier molecular flexibility index (Phi) is 2.93. The van der Waals surface area contributed by atoms with Crippen LogP contribution < -0.4 is 0 Å². The molecule has 1 aliphatic rings. The van der Waals surface area contributed by atoms with E-state index < -0.39 is 0 Å². The second kappa shape index (κ2) is 3.76.